The molecule has 0 aromatic carbocycles. The van der Waals surface area contributed by atoms with Gasteiger partial charge in [0.2, 0.25) is 0 Å². The van der Waals surface area contributed by atoms with E-state index in [1.165, 1.54) is 4.57 Å². The van der Waals surface area contributed by atoms with Crippen molar-refractivity contribution in [3.63, 3.8) is 0 Å². The van der Waals surface area contributed by atoms with Crippen molar-refractivity contribution in [1.82, 2.24) is 9.55 Å². The highest BCUT2D eigenvalue weighted by molar-refractivity contribution is 5.85. The Morgan fingerprint density at radius 3 is 3.00 bits per heavy atom. The lowest BCUT2D eigenvalue weighted by molar-refractivity contribution is 0.0528. The van der Waals surface area contributed by atoms with Gasteiger partial charge in [0, 0.05) is 12.8 Å². The van der Waals surface area contributed by atoms with Gasteiger partial charge in [0.15, 0.2) is 0 Å². The second kappa shape index (κ2) is 4.43. The number of halogens is 1. The van der Waals surface area contributed by atoms with Gasteiger partial charge in [-0.25, -0.2) is 4.79 Å². The van der Waals surface area contributed by atoms with E-state index >= 15 is 0 Å². The van der Waals surface area contributed by atoms with Crippen molar-refractivity contribution in [2.45, 2.75) is 19.1 Å². The quantitative estimate of drug-likeness (QED) is 0.746. The molecule has 1 aliphatic rings. The van der Waals surface area contributed by atoms with Crippen molar-refractivity contribution in [2.75, 3.05) is 12.3 Å². The van der Waals surface area contributed by atoms with Crippen molar-refractivity contribution < 1.29 is 4.74 Å². The fourth-order valence-electron chi connectivity index (χ4n) is 1.43. The summed E-state index contributed by atoms with van der Waals surface area (Å²) in [5.41, 5.74) is 5.02. The van der Waals surface area contributed by atoms with E-state index in [0.29, 0.717) is 6.61 Å². The summed E-state index contributed by atoms with van der Waals surface area (Å²) in [6, 6.07) is 1.60. The maximum atomic E-state index is 11.3. The highest BCUT2D eigenvalue weighted by Crippen LogP contribution is 2.20. The zero-order valence-corrected chi connectivity index (χ0v) is 8.37. The van der Waals surface area contributed by atoms with Crippen LogP contribution in [0.4, 0.5) is 5.82 Å². The molecule has 0 saturated carbocycles. The fraction of sp³-hybridized carbons (Fsp3) is 0.500. The molecule has 1 aliphatic heterocycles. The minimum atomic E-state index is -0.341. The average molecular weight is 218 g/mol. The molecule has 5 nitrogen and oxygen atoms in total. The van der Waals surface area contributed by atoms with Crippen molar-refractivity contribution in [3.8, 4) is 0 Å². The Balaban J connectivity index is 0.000000980. The Hall–Kier alpha value is -1.07. The van der Waals surface area contributed by atoms with Gasteiger partial charge in [0.05, 0.1) is 0 Å². The number of aromatic nitrogens is 2. The summed E-state index contributed by atoms with van der Waals surface area (Å²) < 4.78 is 6.82. The normalized spacial score (nSPS) is 20.4. The second-order valence-electron chi connectivity index (χ2n) is 3.01. The molecule has 0 aliphatic carbocycles. The molecule has 1 aromatic rings. The number of rotatable bonds is 1. The lowest BCUT2D eigenvalue weighted by Crippen LogP contribution is -2.26. The third kappa shape index (κ3) is 2.05. The molecule has 2 N–H and O–H groups in total. The van der Waals surface area contributed by atoms with Crippen molar-refractivity contribution in [3.05, 3.63) is 22.7 Å². The Kier molecular flexibility index (Phi) is 3.49. The van der Waals surface area contributed by atoms with E-state index < -0.39 is 0 Å². The minimum absolute atomic E-state index is 0. The molecule has 1 aromatic heterocycles. The number of ether oxygens (including phenoxy) is 1. The van der Waals surface area contributed by atoms with Crippen LogP contribution in [0.25, 0.3) is 0 Å². The molecule has 1 saturated heterocycles. The van der Waals surface area contributed by atoms with Gasteiger partial charge in [0.1, 0.15) is 12.0 Å². The van der Waals surface area contributed by atoms with Gasteiger partial charge in [-0.1, -0.05) is 0 Å². The molecule has 0 bridgehead atoms. The Morgan fingerprint density at radius 1 is 1.64 bits per heavy atom. The van der Waals surface area contributed by atoms with Gasteiger partial charge >= 0.3 is 5.69 Å². The van der Waals surface area contributed by atoms with E-state index in [2.05, 4.69) is 4.98 Å². The number of nitrogen functional groups attached to an aromatic ring is 1. The zero-order chi connectivity index (χ0) is 9.26. The van der Waals surface area contributed by atoms with Crippen LogP contribution in [0.15, 0.2) is 17.1 Å². The van der Waals surface area contributed by atoms with Gasteiger partial charge in [-0.05, 0) is 18.9 Å². The Morgan fingerprint density at radius 2 is 2.43 bits per heavy atom. The monoisotopic (exact) mass is 217 g/mol. The standard InChI is InChI=1S/C8H11N3O2.ClH/c9-6-3-4-11(8(12)10-6)7-2-1-5-13-7;/h3-4,7H,1-2,5H2,(H2,9,10,12);1H. The number of hydrogen-bond donors (Lipinski definition) is 1. The summed E-state index contributed by atoms with van der Waals surface area (Å²) in [6.07, 6.45) is 3.33. The average Bonchev–Trinajstić information content (AvgIpc) is 2.56. The van der Waals surface area contributed by atoms with Gasteiger partial charge in [0.25, 0.3) is 0 Å². The van der Waals surface area contributed by atoms with E-state index in [9.17, 15) is 4.79 Å². The van der Waals surface area contributed by atoms with Gasteiger partial charge in [-0.3, -0.25) is 4.57 Å². The van der Waals surface area contributed by atoms with Crippen LogP contribution in [0.5, 0.6) is 0 Å². The summed E-state index contributed by atoms with van der Waals surface area (Å²) in [7, 11) is 0. The van der Waals surface area contributed by atoms with Crippen LogP contribution in [-0.4, -0.2) is 16.2 Å². The molecule has 2 rings (SSSR count). The third-order valence-electron chi connectivity index (χ3n) is 2.07. The number of nitrogens with two attached hydrogens (primary N) is 1. The van der Waals surface area contributed by atoms with Crippen LogP contribution >= 0.6 is 12.4 Å². The summed E-state index contributed by atoms with van der Waals surface area (Å²) in [5.74, 6) is 0.249. The lowest BCUT2D eigenvalue weighted by atomic mass is 10.3. The first-order valence-electron chi connectivity index (χ1n) is 4.23. The molecule has 1 atom stereocenters. The SMILES string of the molecule is Cl.Nc1ccn(C2CCCO2)c(=O)n1. The predicted molar refractivity (Wildman–Crippen MR) is 54.4 cm³/mol. The third-order valence-corrected chi connectivity index (χ3v) is 2.07. The lowest BCUT2D eigenvalue weighted by Gasteiger charge is -2.11. The smallest absolute Gasteiger partial charge is 0.351 e. The van der Waals surface area contributed by atoms with Gasteiger partial charge in [-0.2, -0.15) is 4.98 Å². The minimum Gasteiger partial charge on any atom is -0.383 e. The summed E-state index contributed by atoms with van der Waals surface area (Å²) in [6.45, 7) is 0.710. The first-order chi connectivity index (χ1) is 6.27. The maximum absolute atomic E-state index is 11.3. The van der Waals surface area contributed by atoms with Crippen molar-refractivity contribution in [2.24, 2.45) is 0 Å². The predicted octanol–water partition coefficient (Wildman–Crippen LogP) is 0.556. The van der Waals surface area contributed by atoms with E-state index in [4.69, 9.17) is 10.5 Å². The van der Waals surface area contributed by atoms with Crippen LogP contribution in [0.2, 0.25) is 0 Å². The number of anilines is 1. The zero-order valence-electron chi connectivity index (χ0n) is 7.55. The summed E-state index contributed by atoms with van der Waals surface area (Å²) >= 11 is 0. The topological polar surface area (TPSA) is 70.1 Å². The van der Waals surface area contributed by atoms with E-state index in [0.717, 1.165) is 12.8 Å². The molecule has 6 heteroatoms. The van der Waals surface area contributed by atoms with Crippen LogP contribution < -0.4 is 11.4 Å². The Labute approximate surface area is 87.3 Å². The first kappa shape index (κ1) is 11.0. The van der Waals surface area contributed by atoms with Crippen LogP contribution in [0, 0.1) is 0 Å². The molecule has 0 radical (unpaired) electrons. The first-order valence-corrected chi connectivity index (χ1v) is 4.23. The fourth-order valence-corrected chi connectivity index (χ4v) is 1.43. The van der Waals surface area contributed by atoms with Crippen LogP contribution in [0.3, 0.4) is 0 Å². The summed E-state index contributed by atoms with van der Waals surface area (Å²) in [5, 5.41) is 0. The maximum Gasteiger partial charge on any atom is 0.351 e. The molecule has 14 heavy (non-hydrogen) atoms. The second-order valence-corrected chi connectivity index (χ2v) is 3.01. The molecule has 78 valence electrons. The molecule has 1 unspecified atom stereocenters. The van der Waals surface area contributed by atoms with E-state index in [1.54, 1.807) is 12.3 Å². The van der Waals surface area contributed by atoms with Crippen molar-refractivity contribution in [1.29, 1.82) is 0 Å². The van der Waals surface area contributed by atoms with E-state index in [1.807, 2.05) is 0 Å². The summed E-state index contributed by atoms with van der Waals surface area (Å²) in [4.78, 5) is 14.9. The van der Waals surface area contributed by atoms with Crippen LogP contribution in [0.1, 0.15) is 19.1 Å². The van der Waals surface area contributed by atoms with Crippen LogP contribution in [-0.2, 0) is 4.74 Å². The highest BCUT2D eigenvalue weighted by atomic mass is 35.5. The van der Waals surface area contributed by atoms with E-state index in [-0.39, 0.29) is 30.1 Å². The Bertz CT molecular complexity index is 360. The molecule has 2 heterocycles. The largest absolute Gasteiger partial charge is 0.383 e. The molecule has 0 amide bonds. The number of hydrogen-bond acceptors (Lipinski definition) is 4. The highest BCUT2D eigenvalue weighted by Gasteiger charge is 2.18. The van der Waals surface area contributed by atoms with Crippen molar-refractivity contribution >= 4 is 18.2 Å². The molecule has 1 fully saturated rings. The van der Waals surface area contributed by atoms with Gasteiger partial charge < -0.3 is 10.5 Å². The van der Waals surface area contributed by atoms with Gasteiger partial charge in [-0.15, -0.1) is 12.4 Å². The molecule has 0 spiro atoms. The molecular weight excluding hydrogens is 206 g/mol. The molecular formula is C8H12ClN3O2. The number of nitrogens with zero attached hydrogens (tertiary/aromatic N) is 2.